The van der Waals surface area contributed by atoms with Crippen LogP contribution >= 0.6 is 0 Å². The lowest BCUT2D eigenvalue weighted by molar-refractivity contribution is 0.0600. The van der Waals surface area contributed by atoms with Crippen LogP contribution in [0.4, 0.5) is 0 Å². The molecule has 0 aliphatic heterocycles. The van der Waals surface area contributed by atoms with Crippen LogP contribution in [0, 0.1) is 0 Å². The first-order valence-corrected chi connectivity index (χ1v) is 5.45. The number of methoxy groups -OCH3 is 1. The van der Waals surface area contributed by atoms with Crippen molar-refractivity contribution in [1.82, 2.24) is 0 Å². The molecule has 0 aromatic heterocycles. The van der Waals surface area contributed by atoms with Gasteiger partial charge >= 0.3 is 5.97 Å². The third-order valence-corrected chi connectivity index (χ3v) is 1.91. The highest BCUT2D eigenvalue weighted by molar-refractivity contribution is 5.89. The van der Waals surface area contributed by atoms with Crippen LogP contribution in [0.2, 0.25) is 0 Å². The molecule has 1 aromatic rings. The Bertz CT molecular complexity index is 275. The van der Waals surface area contributed by atoms with Crippen molar-refractivity contribution in [2.24, 2.45) is 0 Å². The summed E-state index contributed by atoms with van der Waals surface area (Å²) in [6.07, 6.45) is 2.18. The van der Waals surface area contributed by atoms with Gasteiger partial charge in [0.2, 0.25) is 0 Å². The minimum absolute atomic E-state index is 0.275. The van der Waals surface area contributed by atoms with Crippen LogP contribution in [-0.4, -0.2) is 13.1 Å². The van der Waals surface area contributed by atoms with Crippen LogP contribution in [0.25, 0.3) is 0 Å². The highest BCUT2D eigenvalue weighted by atomic mass is 16.5. The smallest absolute Gasteiger partial charge is 0.337 e. The van der Waals surface area contributed by atoms with E-state index in [0.717, 1.165) is 12.8 Å². The Morgan fingerprint density at radius 3 is 2.13 bits per heavy atom. The quantitative estimate of drug-likeness (QED) is 0.711. The number of esters is 1. The highest BCUT2D eigenvalue weighted by Crippen LogP contribution is 2.07. The first-order valence-electron chi connectivity index (χ1n) is 5.45. The maximum atomic E-state index is 11.1. The molecule has 0 bridgehead atoms. The Kier molecular flexibility index (Phi) is 7.33. The zero-order chi connectivity index (χ0) is 11.7. The van der Waals surface area contributed by atoms with E-state index in [9.17, 15) is 4.79 Å². The Morgan fingerprint density at radius 2 is 1.73 bits per heavy atom. The zero-order valence-corrected chi connectivity index (χ0v) is 10.0. The third kappa shape index (κ3) is 4.63. The summed E-state index contributed by atoms with van der Waals surface area (Å²) < 4.78 is 4.60. The second kappa shape index (κ2) is 8.04. The minimum Gasteiger partial charge on any atom is -0.465 e. The number of carbonyl (C=O) groups excluding carboxylic acids is 1. The van der Waals surface area contributed by atoms with Crippen molar-refractivity contribution in [3.05, 3.63) is 35.4 Å². The molecule has 1 aromatic carbocycles. The Balaban J connectivity index is 0.000000921. The molecule has 0 amide bonds. The summed E-state index contributed by atoms with van der Waals surface area (Å²) in [5.74, 6) is -0.275. The Hall–Kier alpha value is -1.31. The fourth-order valence-electron chi connectivity index (χ4n) is 1.21. The van der Waals surface area contributed by atoms with Gasteiger partial charge in [0.1, 0.15) is 0 Å². The number of ether oxygens (including phenoxy) is 1. The number of hydrogen-bond acceptors (Lipinski definition) is 2. The van der Waals surface area contributed by atoms with Gasteiger partial charge in [-0.05, 0) is 24.1 Å². The molecule has 0 saturated carbocycles. The van der Waals surface area contributed by atoms with Gasteiger partial charge in [0.25, 0.3) is 0 Å². The van der Waals surface area contributed by atoms with E-state index in [2.05, 4.69) is 11.7 Å². The largest absolute Gasteiger partial charge is 0.465 e. The number of hydrogen-bond donors (Lipinski definition) is 0. The molecular weight excluding hydrogens is 188 g/mol. The number of benzene rings is 1. The molecule has 0 unspecified atom stereocenters. The highest BCUT2D eigenvalue weighted by Gasteiger charge is 2.03. The molecule has 1 rings (SSSR count). The molecule has 0 saturated heterocycles. The van der Waals surface area contributed by atoms with E-state index >= 15 is 0 Å². The maximum absolute atomic E-state index is 11.1. The van der Waals surface area contributed by atoms with E-state index in [1.807, 2.05) is 26.0 Å². The topological polar surface area (TPSA) is 26.3 Å². The van der Waals surface area contributed by atoms with E-state index in [1.165, 1.54) is 12.7 Å². The van der Waals surface area contributed by atoms with E-state index in [4.69, 9.17) is 0 Å². The summed E-state index contributed by atoms with van der Waals surface area (Å²) >= 11 is 0. The van der Waals surface area contributed by atoms with Crippen LogP contribution in [0.15, 0.2) is 24.3 Å². The molecule has 15 heavy (non-hydrogen) atoms. The maximum Gasteiger partial charge on any atom is 0.337 e. The van der Waals surface area contributed by atoms with Gasteiger partial charge in [0.15, 0.2) is 0 Å². The van der Waals surface area contributed by atoms with Crippen LogP contribution in [0.5, 0.6) is 0 Å². The fraction of sp³-hybridized carbons (Fsp3) is 0.462. The summed E-state index contributed by atoms with van der Waals surface area (Å²) in [6, 6.07) is 7.54. The third-order valence-electron chi connectivity index (χ3n) is 1.91. The number of rotatable bonds is 3. The molecule has 0 aliphatic rings. The van der Waals surface area contributed by atoms with E-state index in [0.29, 0.717) is 5.56 Å². The summed E-state index contributed by atoms with van der Waals surface area (Å²) in [4.78, 5) is 11.1. The standard InChI is InChI=1S/C11H14O2.C2H6/c1-3-4-9-5-7-10(8-6-9)11(12)13-2;1-2/h5-8H,3-4H2,1-2H3;1-2H3. The van der Waals surface area contributed by atoms with Crippen molar-refractivity contribution in [3.63, 3.8) is 0 Å². The van der Waals surface area contributed by atoms with Gasteiger partial charge in [-0.15, -0.1) is 0 Å². The zero-order valence-electron chi connectivity index (χ0n) is 10.0. The molecular formula is C13H20O2. The fourth-order valence-corrected chi connectivity index (χ4v) is 1.21. The van der Waals surface area contributed by atoms with Crippen LogP contribution in [0.1, 0.15) is 43.1 Å². The first-order chi connectivity index (χ1) is 7.27. The van der Waals surface area contributed by atoms with Gasteiger partial charge in [-0.3, -0.25) is 0 Å². The summed E-state index contributed by atoms with van der Waals surface area (Å²) in [7, 11) is 1.39. The van der Waals surface area contributed by atoms with Crippen LogP contribution in [-0.2, 0) is 11.2 Å². The molecule has 2 heteroatoms. The predicted molar refractivity (Wildman–Crippen MR) is 63.1 cm³/mol. The van der Waals surface area contributed by atoms with Crippen molar-refractivity contribution in [2.45, 2.75) is 33.6 Å². The molecule has 84 valence electrons. The molecule has 0 radical (unpaired) electrons. The molecule has 0 atom stereocenters. The van der Waals surface area contributed by atoms with E-state index < -0.39 is 0 Å². The van der Waals surface area contributed by atoms with Crippen LogP contribution < -0.4 is 0 Å². The molecule has 0 heterocycles. The summed E-state index contributed by atoms with van der Waals surface area (Å²) in [5.41, 5.74) is 1.87. The van der Waals surface area contributed by atoms with Crippen molar-refractivity contribution in [1.29, 1.82) is 0 Å². The van der Waals surface area contributed by atoms with Crippen molar-refractivity contribution in [2.75, 3.05) is 7.11 Å². The monoisotopic (exact) mass is 208 g/mol. The normalized spacial score (nSPS) is 8.80. The molecule has 2 nitrogen and oxygen atoms in total. The second-order valence-electron chi connectivity index (χ2n) is 2.94. The second-order valence-corrected chi connectivity index (χ2v) is 2.94. The van der Waals surface area contributed by atoms with Crippen molar-refractivity contribution in [3.8, 4) is 0 Å². The number of aryl methyl sites for hydroxylation is 1. The lowest BCUT2D eigenvalue weighted by atomic mass is 10.1. The van der Waals surface area contributed by atoms with Crippen molar-refractivity contribution < 1.29 is 9.53 Å². The average Bonchev–Trinajstić information content (AvgIpc) is 2.32. The lowest BCUT2D eigenvalue weighted by Crippen LogP contribution is -2.00. The summed E-state index contributed by atoms with van der Waals surface area (Å²) in [6.45, 7) is 6.13. The van der Waals surface area contributed by atoms with Gasteiger partial charge in [0, 0.05) is 0 Å². The summed E-state index contributed by atoms with van der Waals surface area (Å²) in [5, 5.41) is 0. The van der Waals surface area contributed by atoms with Gasteiger partial charge in [-0.1, -0.05) is 39.3 Å². The van der Waals surface area contributed by atoms with Crippen molar-refractivity contribution >= 4 is 5.97 Å². The minimum atomic E-state index is -0.275. The molecule has 0 N–H and O–H groups in total. The first kappa shape index (κ1) is 13.7. The van der Waals surface area contributed by atoms with E-state index in [1.54, 1.807) is 12.1 Å². The Morgan fingerprint density at radius 1 is 1.20 bits per heavy atom. The SMILES string of the molecule is CC.CCCc1ccc(C(=O)OC)cc1. The van der Waals surface area contributed by atoms with Gasteiger partial charge < -0.3 is 4.74 Å². The van der Waals surface area contributed by atoms with Crippen LogP contribution in [0.3, 0.4) is 0 Å². The predicted octanol–water partition coefficient (Wildman–Crippen LogP) is 3.45. The lowest BCUT2D eigenvalue weighted by Gasteiger charge is -2.00. The van der Waals surface area contributed by atoms with E-state index in [-0.39, 0.29) is 5.97 Å². The van der Waals surface area contributed by atoms with Gasteiger partial charge in [-0.25, -0.2) is 4.79 Å². The number of carbonyl (C=O) groups is 1. The molecule has 0 spiro atoms. The van der Waals surface area contributed by atoms with Gasteiger partial charge in [-0.2, -0.15) is 0 Å². The Labute approximate surface area is 92.3 Å². The molecule has 0 aliphatic carbocycles. The molecule has 0 fully saturated rings. The average molecular weight is 208 g/mol. The van der Waals surface area contributed by atoms with Gasteiger partial charge in [0.05, 0.1) is 12.7 Å².